The zero-order valence-corrected chi connectivity index (χ0v) is 32.6. The summed E-state index contributed by atoms with van der Waals surface area (Å²) in [6.07, 6.45) is 0. The Bertz CT molecular complexity index is 1670. The van der Waals surface area contributed by atoms with Gasteiger partial charge in [0.25, 0.3) is 0 Å². The van der Waals surface area contributed by atoms with Gasteiger partial charge in [-0.15, -0.1) is 0 Å². The molecule has 0 saturated heterocycles. The quantitative estimate of drug-likeness (QED) is 0.151. The first-order valence-corrected chi connectivity index (χ1v) is 18.0. The van der Waals surface area contributed by atoms with Crippen molar-refractivity contribution in [3.8, 4) is 23.0 Å². The van der Waals surface area contributed by atoms with E-state index in [2.05, 4.69) is 41.5 Å². The molecule has 0 amide bonds. The topological polar surface area (TPSA) is 80.1 Å². The van der Waals surface area contributed by atoms with Gasteiger partial charge in [-0.25, -0.2) is 0 Å². The average molecular weight is 749 g/mol. The molecule has 4 aromatic rings. The van der Waals surface area contributed by atoms with Gasteiger partial charge in [0.15, 0.2) is 0 Å². The Morgan fingerprint density at radius 3 is 0.904 bits per heavy atom. The van der Waals surface area contributed by atoms with Crippen LogP contribution in [-0.2, 0) is 36.1 Å². The molecule has 0 N–H and O–H groups in total. The van der Waals surface area contributed by atoms with Crippen molar-refractivity contribution in [2.24, 2.45) is 20.8 Å². The number of methoxy groups -OCH3 is 4. The van der Waals surface area contributed by atoms with Crippen molar-refractivity contribution in [1.82, 2.24) is 0 Å². The minimum absolute atomic E-state index is 0.344. The first-order valence-electron chi connectivity index (χ1n) is 17.4. The first kappa shape index (κ1) is 37.3. The fourth-order valence-electron chi connectivity index (χ4n) is 7.42. The third kappa shape index (κ3) is 6.53. The summed E-state index contributed by atoms with van der Waals surface area (Å²) in [5.41, 5.74) is 0.999. The molecule has 0 unspecified atom stereocenters. The van der Waals surface area contributed by atoms with Crippen LogP contribution in [0.15, 0.2) is 107 Å². The summed E-state index contributed by atoms with van der Waals surface area (Å²) in [6, 6.07) is 31.2. The average Bonchev–Trinajstić information content (AvgIpc) is 3.78. The first-order chi connectivity index (χ1) is 24.7. The number of rotatable bonds is 10. The molecule has 4 aromatic carbocycles. The molecule has 0 fully saturated rings. The summed E-state index contributed by atoms with van der Waals surface area (Å²) in [4.78, 5) is 9.95. The van der Waals surface area contributed by atoms with Crippen LogP contribution in [0.1, 0.15) is 63.8 Å². The number of hydrogen-bond acceptors (Lipinski definition) is 8. The van der Waals surface area contributed by atoms with Crippen LogP contribution in [0.5, 0.6) is 23.0 Å². The van der Waals surface area contributed by atoms with E-state index >= 15 is 0 Å². The molecule has 2 aliphatic rings. The fourth-order valence-corrected chi connectivity index (χ4v) is 7.68. The number of benzene rings is 4. The van der Waals surface area contributed by atoms with Crippen molar-refractivity contribution >= 4 is 11.8 Å². The number of ether oxygens (including phenoxy) is 6. The third-order valence-corrected chi connectivity index (χ3v) is 10.4. The van der Waals surface area contributed by atoms with Gasteiger partial charge in [0.05, 0.1) is 0 Å². The Labute approximate surface area is 315 Å². The van der Waals surface area contributed by atoms with Gasteiger partial charge in [0.1, 0.15) is 0 Å². The fraction of sp³-hybridized carbons (Fsp3) is 0.395. The van der Waals surface area contributed by atoms with Crippen LogP contribution < -0.4 is 18.9 Å². The van der Waals surface area contributed by atoms with Crippen molar-refractivity contribution < 1.29 is 43.9 Å². The van der Waals surface area contributed by atoms with E-state index in [-0.39, 0.29) is 22.9 Å². The molecule has 2 heterocycles. The van der Waals surface area contributed by atoms with Crippen LogP contribution in [0, 0.1) is 10.8 Å². The molecular weight excluding hydrogens is 699 g/mol. The summed E-state index contributed by atoms with van der Waals surface area (Å²) in [5, 5.41) is 0. The molecule has 52 heavy (non-hydrogen) atoms. The van der Waals surface area contributed by atoms with Crippen LogP contribution in [0.25, 0.3) is 0 Å². The second-order valence-electron chi connectivity index (χ2n) is 15.4. The molecule has 0 aliphatic carbocycles. The van der Waals surface area contributed by atoms with Gasteiger partial charge in [-0.2, -0.15) is 0 Å². The molecule has 0 radical (unpaired) electrons. The molecule has 9 heteroatoms. The molecule has 2 atom stereocenters. The molecule has 0 saturated carbocycles. The number of nitrogens with zero attached hydrogens (tertiary/aromatic N) is 2. The Hall–Kier alpha value is -4.49. The van der Waals surface area contributed by atoms with Crippen molar-refractivity contribution in [2.45, 2.75) is 69.7 Å². The zero-order chi connectivity index (χ0) is 37.5. The predicted octanol–water partition coefficient (Wildman–Crippen LogP) is 8.93. The van der Waals surface area contributed by atoms with Crippen molar-refractivity contribution in [1.29, 1.82) is 0 Å². The Morgan fingerprint density at radius 1 is 0.481 bits per heavy atom. The van der Waals surface area contributed by atoms with E-state index in [9.17, 15) is 0 Å². The zero-order valence-electron chi connectivity index (χ0n) is 31.6. The standard InChI is InChI=1S/C43H49N2O6.Ni/c1-40(2,3)38-42(28-11-19-32(46-7)20-12-28,29-13-21-33(47-8)22-14-29)50-36(44-38)27-37-45-39(41(4,5)6)43(51-37,30-15-23-34(48-9)24-16-30)31-17-25-35(49-10)26-18-31;/h11-27,38-39H,1-10H3;/t38-,39-;/m1./s1. The van der Waals surface area contributed by atoms with Crippen molar-refractivity contribution in [3.05, 3.63) is 119 Å². The molecule has 277 valence electrons. The Balaban J connectivity index is 1.49. The van der Waals surface area contributed by atoms with Crippen LogP contribution in [0.2, 0.25) is 4.89 Å². The van der Waals surface area contributed by atoms with Gasteiger partial charge in [0.2, 0.25) is 0 Å². The van der Waals surface area contributed by atoms with E-state index in [1.807, 2.05) is 97.1 Å². The maximum atomic E-state index is 7.22. The SMILES string of the molecule is COc1ccc(C2(c3ccc(OC)cc3)OC([CH]([Ni])C3=N[C@H](C(C)(C)C)C(c4ccc(OC)cc4)(c4ccc(OC)cc4)O3)=N[C@@H]2C(C)(C)C)cc1. The second kappa shape index (κ2) is 14.2. The molecule has 0 bridgehead atoms. The van der Waals surface area contributed by atoms with E-state index in [0.717, 1.165) is 45.3 Å². The molecule has 0 aromatic heterocycles. The van der Waals surface area contributed by atoms with Gasteiger partial charge >= 0.3 is 317 Å². The predicted molar refractivity (Wildman–Crippen MR) is 201 cm³/mol. The Kier molecular flexibility index (Phi) is 10.1. The van der Waals surface area contributed by atoms with Crippen LogP contribution >= 0.6 is 0 Å². The van der Waals surface area contributed by atoms with Gasteiger partial charge in [-0.05, 0) is 0 Å². The van der Waals surface area contributed by atoms with Crippen LogP contribution in [-0.4, -0.2) is 52.3 Å². The maximum absolute atomic E-state index is 7.22. The molecular formula is C43H49N2NiO6. The van der Waals surface area contributed by atoms with Gasteiger partial charge < -0.3 is 0 Å². The van der Waals surface area contributed by atoms with E-state index in [1.165, 1.54) is 0 Å². The Morgan fingerprint density at radius 2 is 0.712 bits per heavy atom. The number of aliphatic imine (C=N–C) groups is 2. The van der Waals surface area contributed by atoms with Crippen molar-refractivity contribution in [3.63, 3.8) is 0 Å². The normalized spacial score (nSPS) is 19.3. The van der Waals surface area contributed by atoms with Crippen LogP contribution in [0.4, 0.5) is 0 Å². The minimum atomic E-state index is -1.01. The molecule has 0 spiro atoms. The molecule has 2 aliphatic heterocycles. The van der Waals surface area contributed by atoms with Gasteiger partial charge in [-0.3, -0.25) is 0 Å². The van der Waals surface area contributed by atoms with Gasteiger partial charge in [-0.1, -0.05) is 0 Å². The molecule has 8 nitrogen and oxygen atoms in total. The van der Waals surface area contributed by atoms with E-state index < -0.39 is 16.1 Å². The van der Waals surface area contributed by atoms with Crippen molar-refractivity contribution in [2.75, 3.05) is 28.4 Å². The number of hydrogen-bond donors (Lipinski definition) is 0. The van der Waals surface area contributed by atoms with E-state index in [1.54, 1.807) is 28.4 Å². The third-order valence-electron chi connectivity index (χ3n) is 9.93. The van der Waals surface area contributed by atoms with E-state index in [0.29, 0.717) is 11.8 Å². The summed E-state index contributed by atoms with van der Waals surface area (Å²) in [6.45, 7) is 13.1. The summed E-state index contributed by atoms with van der Waals surface area (Å²) in [5.74, 6) is 3.80. The van der Waals surface area contributed by atoms with Crippen LogP contribution in [0.3, 0.4) is 0 Å². The van der Waals surface area contributed by atoms with Gasteiger partial charge in [0, 0.05) is 0 Å². The molecule has 6 rings (SSSR count). The summed E-state index contributed by atoms with van der Waals surface area (Å²) in [7, 11) is 6.64. The summed E-state index contributed by atoms with van der Waals surface area (Å²) >= 11 is 5.95. The monoisotopic (exact) mass is 747 g/mol. The summed E-state index contributed by atoms with van der Waals surface area (Å²) < 4.78 is 36.6. The second-order valence-corrected chi connectivity index (χ2v) is 16.0. The van der Waals surface area contributed by atoms with E-state index in [4.69, 9.17) is 53.9 Å².